The zero-order valence-corrected chi connectivity index (χ0v) is 10.9. The average Bonchev–Trinajstić information content (AvgIpc) is 2.33. The fourth-order valence-electron chi connectivity index (χ4n) is 1.67. The summed E-state index contributed by atoms with van der Waals surface area (Å²) in [6.07, 6.45) is 0. The molecule has 100 valence electrons. The van der Waals surface area contributed by atoms with Gasteiger partial charge in [0.25, 0.3) is 0 Å². The Labute approximate surface area is 111 Å². The first-order chi connectivity index (χ1) is 9.08. The highest BCUT2D eigenvalue weighted by Gasteiger charge is 2.05. The van der Waals surface area contributed by atoms with E-state index in [0.717, 1.165) is 12.1 Å². The highest BCUT2D eigenvalue weighted by molar-refractivity contribution is 5.63. The normalized spacial score (nSPS) is 10.3. The van der Waals surface area contributed by atoms with Gasteiger partial charge in [-0.2, -0.15) is 9.97 Å². The van der Waals surface area contributed by atoms with E-state index < -0.39 is 0 Å². The maximum atomic E-state index is 13.2. The molecule has 0 fully saturated rings. The van der Waals surface area contributed by atoms with Crippen molar-refractivity contribution in [2.45, 2.75) is 13.8 Å². The van der Waals surface area contributed by atoms with Crippen LogP contribution in [0.15, 0.2) is 24.3 Å². The lowest BCUT2D eigenvalue weighted by Gasteiger charge is -2.11. The zero-order chi connectivity index (χ0) is 13.8. The van der Waals surface area contributed by atoms with E-state index in [9.17, 15) is 4.39 Å². The molecule has 19 heavy (non-hydrogen) atoms. The molecule has 0 aliphatic carbocycles. The summed E-state index contributed by atoms with van der Waals surface area (Å²) in [6, 6.07) is 6.26. The molecule has 1 heterocycles. The number of hydrogen-bond acceptors (Lipinski definition) is 5. The van der Waals surface area contributed by atoms with Crippen LogP contribution < -0.4 is 16.4 Å². The van der Waals surface area contributed by atoms with Gasteiger partial charge in [0.2, 0.25) is 5.95 Å². The molecule has 2 rings (SSSR count). The van der Waals surface area contributed by atoms with Crippen molar-refractivity contribution in [3.8, 4) is 0 Å². The van der Waals surface area contributed by atoms with Gasteiger partial charge in [0.1, 0.15) is 17.5 Å². The second kappa shape index (κ2) is 5.51. The monoisotopic (exact) mass is 261 g/mol. The Kier molecular flexibility index (Phi) is 3.79. The molecular weight excluding hydrogens is 245 g/mol. The molecule has 4 N–H and O–H groups in total. The quantitative estimate of drug-likeness (QED) is 0.789. The van der Waals surface area contributed by atoms with Gasteiger partial charge in [-0.05, 0) is 31.5 Å². The van der Waals surface area contributed by atoms with E-state index in [4.69, 9.17) is 5.73 Å². The summed E-state index contributed by atoms with van der Waals surface area (Å²) in [6.45, 7) is 4.58. The molecule has 6 heteroatoms. The van der Waals surface area contributed by atoms with Gasteiger partial charge >= 0.3 is 0 Å². The summed E-state index contributed by atoms with van der Waals surface area (Å²) in [5.41, 5.74) is 7.21. The van der Waals surface area contributed by atoms with E-state index in [1.54, 1.807) is 12.1 Å². The first-order valence-corrected chi connectivity index (χ1v) is 6.00. The minimum atomic E-state index is -0.304. The lowest BCUT2D eigenvalue weighted by atomic mass is 10.2. The van der Waals surface area contributed by atoms with Crippen LogP contribution in [-0.2, 0) is 0 Å². The van der Waals surface area contributed by atoms with E-state index >= 15 is 0 Å². The maximum absolute atomic E-state index is 13.2. The largest absolute Gasteiger partial charge is 0.370 e. The summed E-state index contributed by atoms with van der Waals surface area (Å²) in [5, 5.41) is 6.10. The number of rotatable bonds is 4. The van der Waals surface area contributed by atoms with Crippen LogP contribution in [0.25, 0.3) is 0 Å². The summed E-state index contributed by atoms with van der Waals surface area (Å²) in [7, 11) is 0. The molecule has 0 radical (unpaired) electrons. The predicted octanol–water partition coefficient (Wildman–Crippen LogP) is 2.68. The van der Waals surface area contributed by atoms with Gasteiger partial charge < -0.3 is 16.4 Å². The Morgan fingerprint density at radius 1 is 1.21 bits per heavy atom. The Hall–Kier alpha value is -2.37. The average molecular weight is 261 g/mol. The van der Waals surface area contributed by atoms with Gasteiger partial charge in [-0.1, -0.05) is 6.07 Å². The van der Waals surface area contributed by atoms with Crippen molar-refractivity contribution in [2.75, 3.05) is 22.9 Å². The molecule has 2 aromatic rings. The van der Waals surface area contributed by atoms with Crippen LogP contribution in [0, 0.1) is 12.7 Å². The van der Waals surface area contributed by atoms with Crippen molar-refractivity contribution in [1.82, 2.24) is 9.97 Å². The number of aryl methyl sites for hydroxylation is 1. The van der Waals surface area contributed by atoms with Crippen LogP contribution in [0.1, 0.15) is 12.5 Å². The van der Waals surface area contributed by atoms with Gasteiger partial charge in [-0.15, -0.1) is 0 Å². The molecule has 5 nitrogen and oxygen atoms in total. The molecule has 0 saturated heterocycles. The first kappa shape index (κ1) is 13.1. The second-order valence-electron chi connectivity index (χ2n) is 4.11. The van der Waals surface area contributed by atoms with Crippen molar-refractivity contribution in [2.24, 2.45) is 0 Å². The van der Waals surface area contributed by atoms with Crippen molar-refractivity contribution >= 4 is 23.3 Å². The van der Waals surface area contributed by atoms with Crippen molar-refractivity contribution in [1.29, 1.82) is 0 Å². The van der Waals surface area contributed by atoms with Crippen LogP contribution >= 0.6 is 0 Å². The number of aromatic nitrogens is 2. The van der Waals surface area contributed by atoms with Gasteiger partial charge in [0.15, 0.2) is 0 Å². The molecule has 0 amide bonds. The fraction of sp³-hybridized carbons (Fsp3) is 0.231. The van der Waals surface area contributed by atoms with Crippen molar-refractivity contribution in [3.05, 3.63) is 35.6 Å². The van der Waals surface area contributed by atoms with Gasteiger partial charge in [-0.25, -0.2) is 4.39 Å². The third kappa shape index (κ3) is 3.31. The Morgan fingerprint density at radius 2 is 1.95 bits per heavy atom. The Balaban J connectivity index is 2.29. The van der Waals surface area contributed by atoms with Gasteiger partial charge in [0, 0.05) is 18.3 Å². The number of benzene rings is 1. The molecule has 0 bridgehead atoms. The van der Waals surface area contributed by atoms with E-state index in [1.165, 1.54) is 12.1 Å². The summed E-state index contributed by atoms with van der Waals surface area (Å²) >= 11 is 0. The second-order valence-corrected chi connectivity index (χ2v) is 4.11. The molecular formula is C13H16FN5. The van der Waals surface area contributed by atoms with Crippen molar-refractivity contribution < 1.29 is 4.39 Å². The molecule has 1 aromatic heterocycles. The molecule has 1 aromatic carbocycles. The Morgan fingerprint density at radius 3 is 2.68 bits per heavy atom. The molecule has 0 unspecified atom stereocenters. The maximum Gasteiger partial charge on any atom is 0.223 e. The number of nitrogens with one attached hydrogen (secondary N) is 2. The third-order valence-electron chi connectivity index (χ3n) is 2.56. The van der Waals surface area contributed by atoms with Crippen LogP contribution in [-0.4, -0.2) is 16.5 Å². The molecule has 0 atom stereocenters. The molecule has 0 spiro atoms. The first-order valence-electron chi connectivity index (χ1n) is 6.00. The lowest BCUT2D eigenvalue weighted by Crippen LogP contribution is -2.06. The summed E-state index contributed by atoms with van der Waals surface area (Å²) in [4.78, 5) is 8.12. The third-order valence-corrected chi connectivity index (χ3v) is 2.56. The molecule has 0 aliphatic heterocycles. The SMILES string of the molecule is CCNc1cc(Nc2cc(F)ccc2C)nc(N)n1. The standard InChI is InChI=1S/C13H16FN5/c1-3-16-11-7-12(19-13(15)18-11)17-10-6-9(14)5-4-8(10)2/h4-7H,3H2,1-2H3,(H4,15,16,17,18,19). The minimum Gasteiger partial charge on any atom is -0.370 e. The van der Waals surface area contributed by atoms with Crippen LogP contribution in [0.3, 0.4) is 0 Å². The van der Waals surface area contributed by atoms with E-state index in [-0.39, 0.29) is 11.8 Å². The van der Waals surface area contributed by atoms with Gasteiger partial charge in [-0.3, -0.25) is 0 Å². The van der Waals surface area contributed by atoms with E-state index in [2.05, 4.69) is 20.6 Å². The van der Waals surface area contributed by atoms with Crippen molar-refractivity contribution in [3.63, 3.8) is 0 Å². The number of halogens is 1. The molecule has 0 saturated carbocycles. The lowest BCUT2D eigenvalue weighted by molar-refractivity contribution is 0.628. The number of anilines is 4. The van der Waals surface area contributed by atoms with Crippen LogP contribution in [0.2, 0.25) is 0 Å². The number of nitrogens with zero attached hydrogens (tertiary/aromatic N) is 2. The smallest absolute Gasteiger partial charge is 0.223 e. The minimum absolute atomic E-state index is 0.162. The highest BCUT2D eigenvalue weighted by atomic mass is 19.1. The summed E-state index contributed by atoms with van der Waals surface area (Å²) < 4.78 is 13.2. The molecule has 0 aliphatic rings. The predicted molar refractivity (Wildman–Crippen MR) is 75.0 cm³/mol. The van der Waals surface area contributed by atoms with E-state index in [1.807, 2.05) is 13.8 Å². The highest BCUT2D eigenvalue weighted by Crippen LogP contribution is 2.22. The van der Waals surface area contributed by atoms with Gasteiger partial charge in [0.05, 0.1) is 0 Å². The Bertz CT molecular complexity index is 585. The van der Waals surface area contributed by atoms with E-state index in [0.29, 0.717) is 17.3 Å². The number of hydrogen-bond donors (Lipinski definition) is 3. The van der Waals surface area contributed by atoms with Crippen LogP contribution in [0.5, 0.6) is 0 Å². The number of nitrogen functional groups attached to an aromatic ring is 1. The van der Waals surface area contributed by atoms with Crippen LogP contribution in [0.4, 0.5) is 27.7 Å². The zero-order valence-electron chi connectivity index (χ0n) is 10.9. The topological polar surface area (TPSA) is 75.9 Å². The number of nitrogens with two attached hydrogens (primary N) is 1. The summed E-state index contributed by atoms with van der Waals surface area (Å²) in [5.74, 6) is 1.01. The fourth-order valence-corrected chi connectivity index (χ4v) is 1.67.